The number of carbonyl (C=O) groups is 1. The molecule has 4 nitrogen and oxygen atoms in total. The molecule has 0 aromatic heterocycles. The number of hydrogen-bond donors (Lipinski definition) is 2. The second-order valence-electron chi connectivity index (χ2n) is 4.32. The predicted octanol–water partition coefficient (Wildman–Crippen LogP) is 2.15. The molecule has 2 rings (SSSR count). The maximum absolute atomic E-state index is 12.0. The van der Waals surface area contributed by atoms with Gasteiger partial charge in [-0.2, -0.15) is 5.26 Å². The quantitative estimate of drug-likeness (QED) is 0.859. The van der Waals surface area contributed by atoms with E-state index in [9.17, 15) is 4.79 Å². The lowest BCUT2D eigenvalue weighted by Gasteiger charge is -2.21. The molecule has 0 radical (unpaired) electrons. The number of amides is 1. The molecular formula is C13H14ClN3O. The van der Waals surface area contributed by atoms with Gasteiger partial charge in [-0.3, -0.25) is 4.79 Å². The Morgan fingerprint density at radius 3 is 2.78 bits per heavy atom. The number of nitrogens with one attached hydrogen (secondary N) is 2. The highest BCUT2D eigenvalue weighted by Gasteiger charge is 2.20. The molecule has 1 aliphatic rings. The Balaban J connectivity index is 2.02. The molecule has 2 N–H and O–H groups in total. The van der Waals surface area contributed by atoms with Crippen LogP contribution in [0.5, 0.6) is 0 Å². The summed E-state index contributed by atoms with van der Waals surface area (Å²) in [5, 5.41) is 15.2. The fraction of sp³-hybridized carbons (Fsp3) is 0.385. The van der Waals surface area contributed by atoms with Crippen molar-refractivity contribution in [3.8, 4) is 6.07 Å². The van der Waals surface area contributed by atoms with Crippen LogP contribution in [0.4, 0.5) is 5.69 Å². The molecule has 94 valence electrons. The highest BCUT2D eigenvalue weighted by molar-refractivity contribution is 6.32. The molecule has 0 aliphatic carbocycles. The predicted molar refractivity (Wildman–Crippen MR) is 70.4 cm³/mol. The standard InChI is InChI=1S/C13H14ClN3O/c14-12-7-11(2-1-10(12)8-15)17-13(18)9-3-5-16-6-4-9/h1-2,7,9,16H,3-6H2,(H,17,18). The Bertz CT molecular complexity index is 489. The fourth-order valence-corrected chi connectivity index (χ4v) is 2.23. The molecule has 1 aromatic carbocycles. The monoisotopic (exact) mass is 263 g/mol. The Morgan fingerprint density at radius 1 is 1.44 bits per heavy atom. The molecule has 0 atom stereocenters. The van der Waals surface area contributed by atoms with Crippen LogP contribution in [0.2, 0.25) is 5.02 Å². The van der Waals surface area contributed by atoms with Crippen LogP contribution >= 0.6 is 11.6 Å². The van der Waals surface area contributed by atoms with Gasteiger partial charge >= 0.3 is 0 Å². The minimum Gasteiger partial charge on any atom is -0.326 e. The minimum absolute atomic E-state index is 0.0253. The van der Waals surface area contributed by atoms with Crippen molar-refractivity contribution >= 4 is 23.2 Å². The minimum atomic E-state index is 0.0253. The average Bonchev–Trinajstić information content (AvgIpc) is 2.40. The first kappa shape index (κ1) is 12.9. The molecule has 1 aromatic rings. The molecule has 0 bridgehead atoms. The van der Waals surface area contributed by atoms with Gasteiger partial charge in [-0.05, 0) is 44.1 Å². The summed E-state index contributed by atoms with van der Waals surface area (Å²) in [6.07, 6.45) is 1.71. The zero-order valence-electron chi connectivity index (χ0n) is 9.87. The molecular weight excluding hydrogens is 250 g/mol. The number of nitriles is 1. The van der Waals surface area contributed by atoms with Crippen molar-refractivity contribution in [2.75, 3.05) is 18.4 Å². The molecule has 5 heteroatoms. The highest BCUT2D eigenvalue weighted by atomic mass is 35.5. The molecule has 1 aliphatic heterocycles. The first-order chi connectivity index (χ1) is 8.70. The summed E-state index contributed by atoms with van der Waals surface area (Å²) in [5.74, 6) is 0.0814. The highest BCUT2D eigenvalue weighted by Crippen LogP contribution is 2.21. The zero-order valence-corrected chi connectivity index (χ0v) is 10.6. The zero-order chi connectivity index (χ0) is 13.0. The van der Waals surface area contributed by atoms with Crippen molar-refractivity contribution < 1.29 is 4.79 Å². The normalized spacial score (nSPS) is 16.0. The molecule has 1 saturated heterocycles. The first-order valence-corrected chi connectivity index (χ1v) is 6.29. The molecule has 1 amide bonds. The van der Waals surface area contributed by atoms with E-state index in [1.165, 1.54) is 0 Å². The molecule has 1 fully saturated rings. The number of halogens is 1. The lowest BCUT2D eigenvalue weighted by Crippen LogP contribution is -2.34. The van der Waals surface area contributed by atoms with E-state index in [0.717, 1.165) is 25.9 Å². The summed E-state index contributed by atoms with van der Waals surface area (Å²) in [4.78, 5) is 12.0. The molecule has 0 unspecified atom stereocenters. The van der Waals surface area contributed by atoms with Crippen molar-refractivity contribution in [2.45, 2.75) is 12.8 Å². The average molecular weight is 264 g/mol. The van der Waals surface area contributed by atoms with Gasteiger partial charge in [0.2, 0.25) is 5.91 Å². The first-order valence-electron chi connectivity index (χ1n) is 5.92. The lowest BCUT2D eigenvalue weighted by atomic mass is 9.97. The fourth-order valence-electron chi connectivity index (χ4n) is 2.01. The van der Waals surface area contributed by atoms with Gasteiger partial charge in [0.05, 0.1) is 10.6 Å². The van der Waals surface area contributed by atoms with Crippen molar-refractivity contribution in [1.82, 2.24) is 5.32 Å². The van der Waals surface area contributed by atoms with E-state index in [1.54, 1.807) is 18.2 Å². The Labute approximate surface area is 111 Å². The number of piperidine rings is 1. The number of rotatable bonds is 2. The van der Waals surface area contributed by atoms with Crippen molar-refractivity contribution in [3.63, 3.8) is 0 Å². The molecule has 18 heavy (non-hydrogen) atoms. The van der Waals surface area contributed by atoms with Gasteiger partial charge in [0.1, 0.15) is 6.07 Å². The maximum atomic E-state index is 12.0. The van der Waals surface area contributed by atoms with E-state index in [-0.39, 0.29) is 11.8 Å². The van der Waals surface area contributed by atoms with E-state index >= 15 is 0 Å². The van der Waals surface area contributed by atoms with Gasteiger partial charge in [-0.25, -0.2) is 0 Å². The van der Waals surface area contributed by atoms with E-state index in [1.807, 2.05) is 6.07 Å². The van der Waals surface area contributed by atoms with Crippen LogP contribution in [-0.4, -0.2) is 19.0 Å². The smallest absolute Gasteiger partial charge is 0.227 e. The van der Waals surface area contributed by atoms with Crippen LogP contribution in [0.25, 0.3) is 0 Å². The van der Waals surface area contributed by atoms with E-state index in [0.29, 0.717) is 16.3 Å². The lowest BCUT2D eigenvalue weighted by molar-refractivity contribution is -0.120. The van der Waals surface area contributed by atoms with E-state index in [2.05, 4.69) is 10.6 Å². The van der Waals surface area contributed by atoms with Crippen molar-refractivity contribution in [2.24, 2.45) is 5.92 Å². The van der Waals surface area contributed by atoms with Crippen LogP contribution in [0, 0.1) is 17.2 Å². The van der Waals surface area contributed by atoms with Gasteiger partial charge in [0.15, 0.2) is 0 Å². The summed E-state index contributed by atoms with van der Waals surface area (Å²) in [6.45, 7) is 1.76. The number of carbonyl (C=O) groups excluding carboxylic acids is 1. The molecule has 0 spiro atoms. The van der Waals surface area contributed by atoms with Crippen LogP contribution in [0.15, 0.2) is 18.2 Å². The van der Waals surface area contributed by atoms with E-state index in [4.69, 9.17) is 16.9 Å². The topological polar surface area (TPSA) is 64.9 Å². The second kappa shape index (κ2) is 5.85. The molecule has 0 saturated carbocycles. The summed E-state index contributed by atoms with van der Waals surface area (Å²) in [5.41, 5.74) is 1.05. The van der Waals surface area contributed by atoms with Crippen LogP contribution in [0.1, 0.15) is 18.4 Å². The van der Waals surface area contributed by atoms with Gasteiger partial charge in [-0.1, -0.05) is 11.6 Å². The van der Waals surface area contributed by atoms with Crippen LogP contribution < -0.4 is 10.6 Å². The largest absolute Gasteiger partial charge is 0.326 e. The van der Waals surface area contributed by atoms with Crippen molar-refractivity contribution in [3.05, 3.63) is 28.8 Å². The third-order valence-corrected chi connectivity index (χ3v) is 3.38. The van der Waals surface area contributed by atoms with Gasteiger partial charge in [0.25, 0.3) is 0 Å². The number of anilines is 1. The van der Waals surface area contributed by atoms with Crippen molar-refractivity contribution in [1.29, 1.82) is 5.26 Å². The third kappa shape index (κ3) is 3.00. The SMILES string of the molecule is N#Cc1ccc(NC(=O)C2CCNCC2)cc1Cl. The Morgan fingerprint density at radius 2 is 2.17 bits per heavy atom. The van der Waals surface area contributed by atoms with Gasteiger partial charge in [-0.15, -0.1) is 0 Å². The number of hydrogen-bond acceptors (Lipinski definition) is 3. The van der Waals surface area contributed by atoms with Gasteiger partial charge in [0, 0.05) is 11.6 Å². The summed E-state index contributed by atoms with van der Waals surface area (Å²) in [6, 6.07) is 6.91. The van der Waals surface area contributed by atoms with Gasteiger partial charge < -0.3 is 10.6 Å². The molecule has 1 heterocycles. The van der Waals surface area contributed by atoms with Crippen LogP contribution in [0.3, 0.4) is 0 Å². The Kier molecular flexibility index (Phi) is 4.19. The summed E-state index contributed by atoms with van der Waals surface area (Å²) in [7, 11) is 0. The van der Waals surface area contributed by atoms with Crippen LogP contribution in [-0.2, 0) is 4.79 Å². The summed E-state index contributed by atoms with van der Waals surface area (Å²) < 4.78 is 0. The Hall–Kier alpha value is -1.57. The summed E-state index contributed by atoms with van der Waals surface area (Å²) >= 11 is 5.91. The van der Waals surface area contributed by atoms with E-state index < -0.39 is 0 Å². The number of benzene rings is 1. The number of nitrogens with zero attached hydrogens (tertiary/aromatic N) is 1. The maximum Gasteiger partial charge on any atom is 0.227 e. The second-order valence-corrected chi connectivity index (χ2v) is 4.73. The third-order valence-electron chi connectivity index (χ3n) is 3.07.